The molecule has 0 unspecified atom stereocenters. The van der Waals surface area contributed by atoms with Crippen LogP contribution in [-0.4, -0.2) is 11.8 Å². The summed E-state index contributed by atoms with van der Waals surface area (Å²) in [5.41, 5.74) is 0.435. The summed E-state index contributed by atoms with van der Waals surface area (Å²) in [6, 6.07) is 2.92. The standard InChI is InChI=1S/C11H5Cl3O3/c1-4(15)17-6-3-2-5(12)7-8(6)11(16)10(14)9(7)13/h2-3H,1H3. The largest absolute Gasteiger partial charge is 0.426 e. The van der Waals surface area contributed by atoms with E-state index in [9.17, 15) is 9.59 Å². The van der Waals surface area contributed by atoms with Gasteiger partial charge >= 0.3 is 5.97 Å². The van der Waals surface area contributed by atoms with Gasteiger partial charge in [-0.1, -0.05) is 34.8 Å². The van der Waals surface area contributed by atoms with Crippen LogP contribution in [0, 0.1) is 0 Å². The first-order chi connectivity index (χ1) is 7.93. The lowest BCUT2D eigenvalue weighted by molar-refractivity contribution is -0.131. The normalized spacial score (nSPS) is 14.0. The number of rotatable bonds is 1. The Morgan fingerprint density at radius 2 is 1.76 bits per heavy atom. The Morgan fingerprint density at radius 3 is 2.35 bits per heavy atom. The Bertz CT molecular complexity index is 576. The van der Waals surface area contributed by atoms with Crippen molar-refractivity contribution in [2.75, 3.05) is 0 Å². The van der Waals surface area contributed by atoms with Crippen LogP contribution in [0.3, 0.4) is 0 Å². The van der Waals surface area contributed by atoms with E-state index in [0.717, 1.165) is 0 Å². The van der Waals surface area contributed by atoms with Gasteiger partial charge in [-0.15, -0.1) is 0 Å². The fourth-order valence-corrected chi connectivity index (χ4v) is 2.33. The number of ketones is 1. The number of hydrogen-bond donors (Lipinski definition) is 0. The number of allylic oxidation sites excluding steroid dienone is 1. The zero-order valence-electron chi connectivity index (χ0n) is 8.51. The molecule has 0 atom stereocenters. The van der Waals surface area contributed by atoms with E-state index in [2.05, 4.69) is 0 Å². The molecule has 0 N–H and O–H groups in total. The van der Waals surface area contributed by atoms with Gasteiger partial charge in [0.25, 0.3) is 0 Å². The third kappa shape index (κ3) is 1.95. The highest BCUT2D eigenvalue weighted by Crippen LogP contribution is 2.45. The molecule has 3 nitrogen and oxygen atoms in total. The molecular weight excluding hydrogens is 286 g/mol. The monoisotopic (exact) mass is 290 g/mol. The third-order valence-electron chi connectivity index (χ3n) is 2.21. The van der Waals surface area contributed by atoms with Crippen LogP contribution >= 0.6 is 34.8 Å². The highest BCUT2D eigenvalue weighted by Gasteiger charge is 2.33. The fraction of sp³-hybridized carbons (Fsp3) is 0.0909. The van der Waals surface area contributed by atoms with Gasteiger partial charge in [0.15, 0.2) is 0 Å². The van der Waals surface area contributed by atoms with Gasteiger partial charge in [0.1, 0.15) is 10.8 Å². The molecule has 0 heterocycles. The van der Waals surface area contributed by atoms with Gasteiger partial charge in [-0.3, -0.25) is 9.59 Å². The van der Waals surface area contributed by atoms with E-state index >= 15 is 0 Å². The molecule has 1 aromatic carbocycles. The van der Waals surface area contributed by atoms with E-state index in [4.69, 9.17) is 39.5 Å². The lowest BCUT2D eigenvalue weighted by Gasteiger charge is -2.08. The summed E-state index contributed by atoms with van der Waals surface area (Å²) in [4.78, 5) is 22.8. The lowest BCUT2D eigenvalue weighted by atomic mass is 10.1. The summed E-state index contributed by atoms with van der Waals surface area (Å²) < 4.78 is 4.92. The Morgan fingerprint density at radius 1 is 1.12 bits per heavy atom. The molecule has 0 spiro atoms. The average molecular weight is 292 g/mol. The molecule has 0 fully saturated rings. The Balaban J connectivity index is 2.67. The molecule has 0 aromatic heterocycles. The van der Waals surface area contributed by atoms with Crippen molar-refractivity contribution in [1.29, 1.82) is 0 Å². The maximum Gasteiger partial charge on any atom is 0.308 e. The van der Waals surface area contributed by atoms with E-state index in [-0.39, 0.29) is 26.4 Å². The summed E-state index contributed by atoms with van der Waals surface area (Å²) in [5.74, 6) is -0.928. The van der Waals surface area contributed by atoms with Crippen LogP contribution in [0.15, 0.2) is 17.2 Å². The van der Waals surface area contributed by atoms with Crippen LogP contribution in [0.5, 0.6) is 5.75 Å². The lowest BCUT2D eigenvalue weighted by Crippen LogP contribution is -2.07. The maximum absolute atomic E-state index is 11.8. The molecule has 0 bridgehead atoms. The van der Waals surface area contributed by atoms with E-state index in [1.807, 2.05) is 0 Å². The van der Waals surface area contributed by atoms with E-state index < -0.39 is 11.8 Å². The highest BCUT2D eigenvalue weighted by molar-refractivity contribution is 6.65. The van der Waals surface area contributed by atoms with Crippen molar-refractivity contribution in [1.82, 2.24) is 0 Å². The van der Waals surface area contributed by atoms with Crippen molar-refractivity contribution in [2.24, 2.45) is 0 Å². The first kappa shape index (κ1) is 12.4. The zero-order chi connectivity index (χ0) is 12.7. The maximum atomic E-state index is 11.8. The molecule has 2 rings (SSSR count). The second kappa shape index (κ2) is 4.33. The van der Waals surface area contributed by atoms with Crippen molar-refractivity contribution in [3.8, 4) is 5.75 Å². The summed E-state index contributed by atoms with van der Waals surface area (Å²) in [7, 11) is 0. The molecule has 0 aliphatic heterocycles. The van der Waals surface area contributed by atoms with Crippen molar-refractivity contribution in [3.05, 3.63) is 33.3 Å². The predicted octanol–water partition coefficient (Wildman–Crippen LogP) is 3.61. The zero-order valence-corrected chi connectivity index (χ0v) is 10.8. The van der Waals surface area contributed by atoms with Gasteiger partial charge in [0.2, 0.25) is 5.78 Å². The number of ether oxygens (including phenoxy) is 1. The molecular formula is C11H5Cl3O3. The van der Waals surface area contributed by atoms with Crippen LogP contribution in [0.4, 0.5) is 0 Å². The molecule has 0 saturated heterocycles. The molecule has 6 heteroatoms. The van der Waals surface area contributed by atoms with Gasteiger partial charge in [0, 0.05) is 12.5 Å². The highest BCUT2D eigenvalue weighted by atomic mass is 35.5. The minimum atomic E-state index is -0.540. The van der Waals surface area contributed by atoms with Crippen molar-refractivity contribution < 1.29 is 14.3 Å². The van der Waals surface area contributed by atoms with E-state index in [1.165, 1.54) is 19.1 Å². The van der Waals surface area contributed by atoms with Crippen molar-refractivity contribution >= 4 is 51.6 Å². The molecule has 1 aliphatic rings. The number of fused-ring (bicyclic) bond motifs is 1. The van der Waals surface area contributed by atoms with Crippen molar-refractivity contribution in [3.63, 3.8) is 0 Å². The Labute approximate surface area is 112 Å². The summed E-state index contributed by atoms with van der Waals surface area (Å²) >= 11 is 17.6. The second-order valence-electron chi connectivity index (χ2n) is 3.35. The molecule has 17 heavy (non-hydrogen) atoms. The molecule has 1 aliphatic carbocycles. The average Bonchev–Trinajstić information content (AvgIpc) is 2.48. The van der Waals surface area contributed by atoms with E-state index in [0.29, 0.717) is 5.56 Å². The SMILES string of the molecule is CC(=O)Oc1ccc(Cl)c2c1C(=O)C(Cl)=C2Cl. The summed E-state index contributed by atoms with van der Waals surface area (Å²) in [6.07, 6.45) is 0. The van der Waals surface area contributed by atoms with Crippen LogP contribution in [0.25, 0.3) is 5.03 Å². The number of carbonyl (C=O) groups excluding carboxylic acids is 2. The van der Waals surface area contributed by atoms with Gasteiger partial charge in [-0.2, -0.15) is 0 Å². The van der Waals surface area contributed by atoms with E-state index in [1.54, 1.807) is 0 Å². The van der Waals surface area contributed by atoms with Gasteiger partial charge in [0.05, 0.1) is 15.6 Å². The topological polar surface area (TPSA) is 43.4 Å². The number of halogens is 3. The van der Waals surface area contributed by atoms with Crippen LogP contribution < -0.4 is 4.74 Å². The van der Waals surface area contributed by atoms with Crippen LogP contribution in [0.1, 0.15) is 22.8 Å². The first-order valence-electron chi connectivity index (χ1n) is 4.54. The third-order valence-corrected chi connectivity index (χ3v) is 3.36. The van der Waals surface area contributed by atoms with Gasteiger partial charge in [-0.25, -0.2) is 0 Å². The quantitative estimate of drug-likeness (QED) is 0.586. The minimum absolute atomic E-state index is 0.0747. The molecule has 0 amide bonds. The van der Waals surface area contributed by atoms with Crippen LogP contribution in [0.2, 0.25) is 5.02 Å². The summed E-state index contributed by atoms with van der Waals surface area (Å²) in [5, 5.41) is 0.235. The minimum Gasteiger partial charge on any atom is -0.426 e. The predicted molar refractivity (Wildman–Crippen MR) is 65.7 cm³/mol. The van der Waals surface area contributed by atoms with Gasteiger partial charge < -0.3 is 4.74 Å². The number of benzene rings is 1. The number of carbonyl (C=O) groups is 2. The smallest absolute Gasteiger partial charge is 0.308 e. The van der Waals surface area contributed by atoms with Gasteiger partial charge in [-0.05, 0) is 12.1 Å². The summed E-state index contributed by atoms with van der Waals surface area (Å²) in [6.45, 7) is 1.23. The van der Waals surface area contributed by atoms with Crippen LogP contribution in [-0.2, 0) is 4.79 Å². The molecule has 88 valence electrons. The molecule has 0 radical (unpaired) electrons. The fourth-order valence-electron chi connectivity index (χ4n) is 1.56. The number of esters is 1. The second-order valence-corrected chi connectivity index (χ2v) is 4.51. The molecule has 1 aromatic rings. The van der Waals surface area contributed by atoms with Crippen molar-refractivity contribution in [2.45, 2.75) is 6.92 Å². The Kier molecular flexibility index (Phi) is 3.17. The Hall–Kier alpha value is -1.03. The number of Topliss-reactive ketones (excluding diaryl/α,β-unsaturated/α-hetero) is 1. The molecule has 0 saturated carbocycles. The number of hydrogen-bond acceptors (Lipinski definition) is 3. The first-order valence-corrected chi connectivity index (χ1v) is 5.68.